The van der Waals surface area contributed by atoms with E-state index in [-0.39, 0.29) is 11.7 Å². The van der Waals surface area contributed by atoms with E-state index in [4.69, 9.17) is 0 Å². The first kappa shape index (κ1) is 18.6. The van der Waals surface area contributed by atoms with Gasteiger partial charge in [-0.05, 0) is 61.4 Å². The number of aromatic nitrogens is 1. The smallest absolute Gasteiger partial charge is 0.276 e. The third kappa shape index (κ3) is 4.70. The lowest BCUT2D eigenvalue weighted by Gasteiger charge is -2.21. The van der Waals surface area contributed by atoms with Crippen molar-refractivity contribution in [2.75, 3.05) is 16.8 Å². The Morgan fingerprint density at radius 1 is 1.11 bits per heavy atom. The Morgan fingerprint density at radius 3 is 2.52 bits per heavy atom. The first-order valence-electron chi connectivity index (χ1n) is 8.89. The van der Waals surface area contributed by atoms with Gasteiger partial charge in [0.15, 0.2) is 0 Å². The van der Waals surface area contributed by atoms with Crippen LogP contribution in [0.4, 0.5) is 15.8 Å². The van der Waals surface area contributed by atoms with Crippen molar-refractivity contribution in [2.45, 2.75) is 20.4 Å². The third-order valence-electron chi connectivity index (χ3n) is 4.27. The molecule has 138 valence electrons. The summed E-state index contributed by atoms with van der Waals surface area (Å²) in [5.74, 6) is -0.384. The Morgan fingerprint density at radius 2 is 1.89 bits per heavy atom. The van der Waals surface area contributed by atoms with Gasteiger partial charge in [-0.2, -0.15) is 0 Å². The highest BCUT2D eigenvalue weighted by molar-refractivity contribution is 6.04. The molecule has 1 heterocycles. The van der Waals surface area contributed by atoms with Crippen LogP contribution in [0.2, 0.25) is 0 Å². The number of pyridine rings is 1. The SMILES string of the molecule is CCN(C(=O)c1ccc(NCc2ccc(F)cc2)cn1)c1cccc(C)c1. The zero-order chi connectivity index (χ0) is 19.2. The van der Waals surface area contributed by atoms with Crippen LogP contribution in [-0.2, 0) is 6.54 Å². The van der Waals surface area contributed by atoms with Gasteiger partial charge in [0.25, 0.3) is 5.91 Å². The first-order valence-corrected chi connectivity index (χ1v) is 8.89. The van der Waals surface area contributed by atoms with Gasteiger partial charge < -0.3 is 10.2 Å². The second-order valence-electron chi connectivity index (χ2n) is 6.30. The van der Waals surface area contributed by atoms with Crippen molar-refractivity contribution in [3.8, 4) is 0 Å². The molecule has 0 aliphatic carbocycles. The molecule has 2 aromatic carbocycles. The van der Waals surface area contributed by atoms with E-state index in [0.717, 1.165) is 22.5 Å². The highest BCUT2D eigenvalue weighted by Gasteiger charge is 2.17. The Bertz CT molecular complexity index is 908. The lowest BCUT2D eigenvalue weighted by atomic mass is 10.2. The van der Waals surface area contributed by atoms with E-state index < -0.39 is 0 Å². The van der Waals surface area contributed by atoms with Crippen molar-refractivity contribution in [2.24, 2.45) is 0 Å². The molecule has 1 amide bonds. The second-order valence-corrected chi connectivity index (χ2v) is 6.30. The first-order chi connectivity index (χ1) is 13.1. The van der Waals surface area contributed by atoms with Crippen molar-refractivity contribution >= 4 is 17.3 Å². The molecule has 5 heteroatoms. The standard InChI is InChI=1S/C22H22FN3O/c1-3-26(20-6-4-5-16(2)13-20)22(27)21-12-11-19(15-25-21)24-14-17-7-9-18(23)10-8-17/h4-13,15,24H,3,14H2,1-2H3. The van der Waals surface area contributed by atoms with Crippen LogP contribution in [0.15, 0.2) is 66.9 Å². The molecular weight excluding hydrogens is 341 g/mol. The lowest BCUT2D eigenvalue weighted by molar-refractivity contribution is 0.0983. The van der Waals surface area contributed by atoms with Gasteiger partial charge in [-0.3, -0.25) is 4.79 Å². The molecule has 0 aliphatic rings. The molecule has 1 aromatic heterocycles. The maximum Gasteiger partial charge on any atom is 0.276 e. The van der Waals surface area contributed by atoms with Gasteiger partial charge >= 0.3 is 0 Å². The average Bonchev–Trinajstić information content (AvgIpc) is 2.68. The number of amides is 1. The molecule has 0 fully saturated rings. The van der Waals surface area contributed by atoms with Crippen molar-refractivity contribution < 1.29 is 9.18 Å². The molecule has 0 unspecified atom stereocenters. The van der Waals surface area contributed by atoms with E-state index in [1.807, 2.05) is 44.2 Å². The van der Waals surface area contributed by atoms with Crippen LogP contribution in [0.25, 0.3) is 0 Å². The summed E-state index contributed by atoms with van der Waals surface area (Å²) in [5.41, 5.74) is 4.13. The van der Waals surface area contributed by atoms with E-state index in [1.165, 1.54) is 12.1 Å². The molecule has 0 saturated carbocycles. The number of rotatable bonds is 6. The number of carbonyl (C=O) groups is 1. The number of benzene rings is 2. The number of halogens is 1. The quantitative estimate of drug-likeness (QED) is 0.684. The van der Waals surface area contributed by atoms with E-state index in [1.54, 1.807) is 29.3 Å². The Hall–Kier alpha value is -3.21. The van der Waals surface area contributed by atoms with E-state index in [0.29, 0.717) is 18.8 Å². The summed E-state index contributed by atoms with van der Waals surface area (Å²) in [6.07, 6.45) is 1.64. The molecular formula is C22H22FN3O. The number of anilines is 2. The monoisotopic (exact) mass is 363 g/mol. The Kier molecular flexibility index (Phi) is 5.81. The number of aryl methyl sites for hydroxylation is 1. The van der Waals surface area contributed by atoms with Crippen molar-refractivity contribution in [1.29, 1.82) is 0 Å². The Labute approximate surface area is 158 Å². The van der Waals surface area contributed by atoms with Gasteiger partial charge in [-0.1, -0.05) is 24.3 Å². The van der Waals surface area contributed by atoms with Crippen LogP contribution in [-0.4, -0.2) is 17.4 Å². The van der Waals surface area contributed by atoms with Crippen LogP contribution in [0.5, 0.6) is 0 Å². The maximum atomic E-state index is 12.9. The number of hydrogen-bond donors (Lipinski definition) is 1. The van der Waals surface area contributed by atoms with Crippen LogP contribution in [0, 0.1) is 12.7 Å². The summed E-state index contributed by atoms with van der Waals surface area (Å²) in [5, 5.41) is 3.22. The molecule has 0 aliphatic heterocycles. The van der Waals surface area contributed by atoms with Crippen LogP contribution >= 0.6 is 0 Å². The minimum Gasteiger partial charge on any atom is -0.380 e. The number of nitrogens with zero attached hydrogens (tertiary/aromatic N) is 2. The largest absolute Gasteiger partial charge is 0.380 e. The highest BCUT2D eigenvalue weighted by Crippen LogP contribution is 2.18. The summed E-state index contributed by atoms with van der Waals surface area (Å²) in [6, 6.07) is 17.7. The predicted octanol–water partition coefficient (Wildman–Crippen LogP) is 4.81. The lowest BCUT2D eigenvalue weighted by Crippen LogP contribution is -2.31. The molecule has 3 rings (SSSR count). The molecule has 4 nitrogen and oxygen atoms in total. The number of nitrogens with one attached hydrogen (secondary N) is 1. The minimum absolute atomic E-state index is 0.131. The summed E-state index contributed by atoms with van der Waals surface area (Å²) in [4.78, 5) is 18.8. The highest BCUT2D eigenvalue weighted by atomic mass is 19.1. The topological polar surface area (TPSA) is 45.2 Å². The molecule has 0 bridgehead atoms. The fourth-order valence-electron chi connectivity index (χ4n) is 2.81. The van der Waals surface area contributed by atoms with Crippen LogP contribution in [0.3, 0.4) is 0 Å². The van der Waals surface area contributed by atoms with Crippen molar-refractivity contribution in [3.63, 3.8) is 0 Å². The number of carbonyl (C=O) groups excluding carboxylic acids is 1. The third-order valence-corrected chi connectivity index (χ3v) is 4.27. The van der Waals surface area contributed by atoms with Gasteiger partial charge in [0.1, 0.15) is 11.5 Å². The molecule has 1 N–H and O–H groups in total. The maximum absolute atomic E-state index is 12.9. The fraction of sp³-hybridized carbons (Fsp3) is 0.182. The van der Waals surface area contributed by atoms with E-state index >= 15 is 0 Å². The Balaban J connectivity index is 1.68. The zero-order valence-corrected chi connectivity index (χ0v) is 15.4. The van der Waals surface area contributed by atoms with Crippen molar-refractivity contribution in [3.05, 3.63) is 89.5 Å². The van der Waals surface area contributed by atoms with Gasteiger partial charge in [0.2, 0.25) is 0 Å². The summed E-state index contributed by atoms with van der Waals surface area (Å²) < 4.78 is 12.9. The van der Waals surface area contributed by atoms with Gasteiger partial charge in [-0.25, -0.2) is 9.37 Å². The number of hydrogen-bond acceptors (Lipinski definition) is 3. The second kappa shape index (κ2) is 8.45. The molecule has 0 saturated heterocycles. The predicted molar refractivity (Wildman–Crippen MR) is 106 cm³/mol. The van der Waals surface area contributed by atoms with E-state index in [2.05, 4.69) is 10.3 Å². The summed E-state index contributed by atoms with van der Waals surface area (Å²) >= 11 is 0. The molecule has 0 atom stereocenters. The van der Waals surface area contributed by atoms with Gasteiger partial charge in [0.05, 0.1) is 11.9 Å². The summed E-state index contributed by atoms with van der Waals surface area (Å²) in [7, 11) is 0. The van der Waals surface area contributed by atoms with Gasteiger partial charge in [0, 0.05) is 18.8 Å². The van der Waals surface area contributed by atoms with E-state index in [9.17, 15) is 9.18 Å². The van der Waals surface area contributed by atoms with Gasteiger partial charge in [-0.15, -0.1) is 0 Å². The van der Waals surface area contributed by atoms with Crippen LogP contribution < -0.4 is 10.2 Å². The summed E-state index contributed by atoms with van der Waals surface area (Å²) in [6.45, 7) is 5.06. The molecule has 0 radical (unpaired) electrons. The normalized spacial score (nSPS) is 10.5. The average molecular weight is 363 g/mol. The zero-order valence-electron chi connectivity index (χ0n) is 15.4. The van der Waals surface area contributed by atoms with Crippen LogP contribution in [0.1, 0.15) is 28.5 Å². The minimum atomic E-state index is -0.252. The molecule has 0 spiro atoms. The fourth-order valence-corrected chi connectivity index (χ4v) is 2.81. The molecule has 27 heavy (non-hydrogen) atoms. The molecule has 3 aromatic rings. The van der Waals surface area contributed by atoms with Crippen molar-refractivity contribution in [1.82, 2.24) is 4.98 Å².